The van der Waals surface area contributed by atoms with Gasteiger partial charge in [0, 0.05) is 51.0 Å². The molecule has 1 aromatic carbocycles. The molecule has 24 heavy (non-hydrogen) atoms. The molecule has 0 bridgehead atoms. The Bertz CT molecular complexity index is 654. The van der Waals surface area contributed by atoms with Crippen LogP contribution >= 0.6 is 0 Å². The van der Waals surface area contributed by atoms with Crippen molar-refractivity contribution in [2.75, 3.05) is 45.2 Å². The van der Waals surface area contributed by atoms with Gasteiger partial charge in [0.05, 0.1) is 11.3 Å². The summed E-state index contributed by atoms with van der Waals surface area (Å²) in [6.07, 6.45) is 1.68. The molecule has 0 aromatic heterocycles. The fraction of sp³-hybridized carbons (Fsp3) is 0.450. The van der Waals surface area contributed by atoms with E-state index < -0.39 is 0 Å². The zero-order valence-corrected chi connectivity index (χ0v) is 15.3. The highest BCUT2D eigenvalue weighted by Crippen LogP contribution is 2.33. The van der Waals surface area contributed by atoms with Gasteiger partial charge >= 0.3 is 0 Å². The van der Waals surface area contributed by atoms with Crippen LogP contribution in [0.2, 0.25) is 0 Å². The SMILES string of the molecule is C=C/C(C#N)=C(\c1ccccc1N(C)C)N1CCN(CC)CC1C. The van der Waals surface area contributed by atoms with Crippen molar-refractivity contribution in [3.63, 3.8) is 0 Å². The molecule has 0 N–H and O–H groups in total. The lowest BCUT2D eigenvalue weighted by Crippen LogP contribution is -2.50. The van der Waals surface area contributed by atoms with Crippen LogP contribution < -0.4 is 4.90 Å². The van der Waals surface area contributed by atoms with Crippen molar-refractivity contribution in [1.82, 2.24) is 9.80 Å². The fourth-order valence-electron chi connectivity index (χ4n) is 3.37. The quantitative estimate of drug-likeness (QED) is 0.615. The van der Waals surface area contributed by atoms with E-state index in [4.69, 9.17) is 0 Å². The van der Waals surface area contributed by atoms with Gasteiger partial charge < -0.3 is 9.80 Å². The molecule has 0 aliphatic carbocycles. The van der Waals surface area contributed by atoms with Crippen LogP contribution in [0.1, 0.15) is 19.4 Å². The number of hydrogen-bond acceptors (Lipinski definition) is 4. The van der Waals surface area contributed by atoms with Crippen LogP contribution in [-0.2, 0) is 0 Å². The van der Waals surface area contributed by atoms with E-state index in [1.165, 1.54) is 0 Å². The van der Waals surface area contributed by atoms with Gasteiger partial charge in [-0.25, -0.2) is 0 Å². The highest BCUT2D eigenvalue weighted by molar-refractivity contribution is 5.81. The van der Waals surface area contributed by atoms with Gasteiger partial charge in [-0.15, -0.1) is 0 Å². The lowest BCUT2D eigenvalue weighted by molar-refractivity contribution is 0.134. The Morgan fingerprint density at radius 1 is 1.38 bits per heavy atom. The molecule has 0 radical (unpaired) electrons. The van der Waals surface area contributed by atoms with Crippen molar-refractivity contribution in [2.24, 2.45) is 0 Å². The van der Waals surface area contributed by atoms with E-state index in [0.717, 1.165) is 43.1 Å². The van der Waals surface area contributed by atoms with Crippen molar-refractivity contribution >= 4 is 11.4 Å². The van der Waals surface area contributed by atoms with Gasteiger partial charge in [0.25, 0.3) is 0 Å². The van der Waals surface area contributed by atoms with Gasteiger partial charge in [0.15, 0.2) is 0 Å². The van der Waals surface area contributed by atoms with Crippen molar-refractivity contribution in [2.45, 2.75) is 19.9 Å². The molecule has 2 rings (SSSR count). The summed E-state index contributed by atoms with van der Waals surface area (Å²) < 4.78 is 0. The lowest BCUT2D eigenvalue weighted by atomic mass is 10.00. The zero-order chi connectivity index (χ0) is 17.7. The summed E-state index contributed by atoms with van der Waals surface area (Å²) in [6.45, 7) is 12.3. The highest BCUT2D eigenvalue weighted by Gasteiger charge is 2.28. The largest absolute Gasteiger partial charge is 0.377 e. The molecule has 1 aliphatic heterocycles. The molecule has 128 valence electrons. The predicted molar refractivity (Wildman–Crippen MR) is 102 cm³/mol. The summed E-state index contributed by atoms with van der Waals surface area (Å²) in [6, 6.07) is 11.0. The van der Waals surface area contributed by atoms with Gasteiger partial charge in [-0.05, 0) is 25.6 Å². The van der Waals surface area contributed by atoms with Crippen LogP contribution in [0, 0.1) is 11.3 Å². The average molecular weight is 324 g/mol. The number of para-hydroxylation sites is 1. The molecule has 1 unspecified atom stereocenters. The zero-order valence-electron chi connectivity index (χ0n) is 15.3. The Labute approximate surface area is 146 Å². The minimum atomic E-state index is 0.354. The molecule has 1 aliphatic rings. The molecular weight excluding hydrogens is 296 g/mol. The summed E-state index contributed by atoms with van der Waals surface area (Å²) in [5.74, 6) is 0. The van der Waals surface area contributed by atoms with E-state index in [2.05, 4.69) is 53.3 Å². The summed E-state index contributed by atoms with van der Waals surface area (Å²) in [4.78, 5) is 6.92. The van der Waals surface area contributed by atoms with Gasteiger partial charge in [-0.1, -0.05) is 31.7 Å². The maximum atomic E-state index is 9.67. The van der Waals surface area contributed by atoms with Crippen LogP contribution in [0.5, 0.6) is 0 Å². The molecule has 0 amide bonds. The third-order valence-corrected chi connectivity index (χ3v) is 4.67. The Morgan fingerprint density at radius 2 is 2.08 bits per heavy atom. The lowest BCUT2D eigenvalue weighted by Gasteiger charge is -2.43. The predicted octanol–water partition coefficient (Wildman–Crippen LogP) is 3.20. The van der Waals surface area contributed by atoms with Gasteiger partial charge in [-0.3, -0.25) is 4.90 Å². The van der Waals surface area contributed by atoms with Crippen LogP contribution in [-0.4, -0.2) is 56.1 Å². The fourth-order valence-corrected chi connectivity index (χ4v) is 3.37. The first-order chi connectivity index (χ1) is 11.5. The first-order valence-electron chi connectivity index (χ1n) is 8.56. The number of rotatable bonds is 5. The second-order valence-electron chi connectivity index (χ2n) is 6.43. The first kappa shape index (κ1) is 18.1. The molecule has 1 saturated heterocycles. The average Bonchev–Trinajstić information content (AvgIpc) is 2.60. The Morgan fingerprint density at radius 3 is 2.62 bits per heavy atom. The normalized spacial score (nSPS) is 19.5. The Balaban J connectivity index is 2.55. The number of allylic oxidation sites excluding steroid dienone is 2. The maximum Gasteiger partial charge on any atom is 0.101 e. The third-order valence-electron chi connectivity index (χ3n) is 4.67. The number of benzene rings is 1. The molecule has 4 nitrogen and oxygen atoms in total. The third kappa shape index (κ3) is 3.63. The molecule has 1 fully saturated rings. The molecule has 4 heteroatoms. The highest BCUT2D eigenvalue weighted by atomic mass is 15.3. The maximum absolute atomic E-state index is 9.67. The number of likely N-dealkylation sites (N-methyl/N-ethyl adjacent to an activating group) is 1. The Hall–Kier alpha value is -2.25. The van der Waals surface area contributed by atoms with E-state index in [1.807, 2.05) is 26.2 Å². The van der Waals surface area contributed by atoms with Crippen LogP contribution in [0.25, 0.3) is 5.70 Å². The number of anilines is 1. The van der Waals surface area contributed by atoms with E-state index >= 15 is 0 Å². The van der Waals surface area contributed by atoms with Crippen LogP contribution in [0.3, 0.4) is 0 Å². The van der Waals surface area contributed by atoms with E-state index in [0.29, 0.717) is 11.6 Å². The second kappa shape index (κ2) is 8.03. The van der Waals surface area contributed by atoms with Gasteiger partial charge in [-0.2, -0.15) is 5.26 Å². The molecule has 1 heterocycles. The molecular formula is C20H28N4. The topological polar surface area (TPSA) is 33.5 Å². The smallest absolute Gasteiger partial charge is 0.101 e. The summed E-state index contributed by atoms with van der Waals surface area (Å²) >= 11 is 0. The standard InChI is InChI=1S/C20H28N4/c1-6-17(14-21)20(18-10-8-9-11-19(18)22(4)5)24-13-12-23(7-2)15-16(24)3/h6,8-11,16H,1,7,12-13,15H2,2-5H3/b20-17-. The Kier molecular flexibility index (Phi) is 6.05. The monoisotopic (exact) mass is 324 g/mol. The molecule has 0 spiro atoms. The van der Waals surface area contributed by atoms with Crippen LogP contribution in [0.4, 0.5) is 5.69 Å². The van der Waals surface area contributed by atoms with E-state index in [-0.39, 0.29) is 0 Å². The minimum absolute atomic E-state index is 0.354. The summed E-state index contributed by atoms with van der Waals surface area (Å²) in [5, 5.41) is 9.67. The minimum Gasteiger partial charge on any atom is -0.377 e. The van der Waals surface area contributed by atoms with Crippen molar-refractivity contribution in [1.29, 1.82) is 5.26 Å². The number of piperazine rings is 1. The van der Waals surface area contributed by atoms with Crippen molar-refractivity contribution in [3.8, 4) is 6.07 Å². The van der Waals surface area contributed by atoms with Crippen LogP contribution in [0.15, 0.2) is 42.5 Å². The van der Waals surface area contributed by atoms with Crippen molar-refractivity contribution in [3.05, 3.63) is 48.1 Å². The number of hydrogen-bond donors (Lipinski definition) is 0. The van der Waals surface area contributed by atoms with Crippen molar-refractivity contribution < 1.29 is 0 Å². The number of nitrogens with zero attached hydrogens (tertiary/aromatic N) is 4. The van der Waals surface area contributed by atoms with Gasteiger partial charge in [0.2, 0.25) is 0 Å². The first-order valence-corrected chi connectivity index (χ1v) is 8.56. The summed E-state index contributed by atoms with van der Waals surface area (Å²) in [7, 11) is 4.07. The molecule has 1 atom stereocenters. The van der Waals surface area contributed by atoms with E-state index in [1.54, 1.807) is 6.08 Å². The molecule has 0 saturated carbocycles. The van der Waals surface area contributed by atoms with E-state index in [9.17, 15) is 5.26 Å². The second-order valence-corrected chi connectivity index (χ2v) is 6.43. The van der Waals surface area contributed by atoms with Gasteiger partial charge in [0.1, 0.15) is 6.07 Å². The number of nitriles is 1. The summed E-state index contributed by atoms with van der Waals surface area (Å²) in [5.41, 5.74) is 3.85. The molecule has 1 aromatic rings.